The number of nitrogen functional groups attached to an aromatic ring is 1. The van der Waals surface area contributed by atoms with Crippen LogP contribution in [-0.4, -0.2) is 23.9 Å². The first-order valence-corrected chi connectivity index (χ1v) is 7.08. The van der Waals surface area contributed by atoms with Crippen LogP contribution in [0.5, 0.6) is 0 Å². The Balaban J connectivity index is 2.06. The van der Waals surface area contributed by atoms with E-state index in [9.17, 15) is 4.79 Å². The first kappa shape index (κ1) is 13.9. The van der Waals surface area contributed by atoms with Crippen LogP contribution in [0.15, 0.2) is 18.2 Å². The van der Waals surface area contributed by atoms with Crippen LogP contribution in [0.3, 0.4) is 0 Å². The van der Waals surface area contributed by atoms with Crippen molar-refractivity contribution < 1.29 is 4.79 Å². The highest BCUT2D eigenvalue weighted by Gasteiger charge is 2.25. The van der Waals surface area contributed by atoms with Gasteiger partial charge >= 0.3 is 0 Å². The van der Waals surface area contributed by atoms with E-state index >= 15 is 0 Å². The summed E-state index contributed by atoms with van der Waals surface area (Å²) in [5.74, 6) is 1.40. The third-order valence-corrected chi connectivity index (χ3v) is 3.86. The maximum atomic E-state index is 12.4. The molecule has 1 amide bonds. The van der Waals surface area contributed by atoms with Gasteiger partial charge in [-0.1, -0.05) is 31.5 Å². The predicted octanol–water partition coefficient (Wildman–Crippen LogP) is 2.62. The van der Waals surface area contributed by atoms with E-state index in [1.807, 2.05) is 30.0 Å². The van der Waals surface area contributed by atoms with Crippen LogP contribution < -0.4 is 5.73 Å². The molecule has 1 aromatic carbocycles. The molecule has 1 aliphatic heterocycles. The lowest BCUT2D eigenvalue weighted by Gasteiger charge is -2.35. The van der Waals surface area contributed by atoms with E-state index < -0.39 is 0 Å². The fourth-order valence-electron chi connectivity index (χ4n) is 3.03. The smallest absolute Gasteiger partial charge is 0.227 e. The van der Waals surface area contributed by atoms with Crippen LogP contribution in [0.2, 0.25) is 0 Å². The molecule has 3 heteroatoms. The quantitative estimate of drug-likeness (QED) is 0.831. The monoisotopic (exact) mass is 260 g/mol. The van der Waals surface area contributed by atoms with Crippen LogP contribution in [0.25, 0.3) is 0 Å². The Morgan fingerprint density at radius 2 is 1.95 bits per heavy atom. The van der Waals surface area contributed by atoms with Gasteiger partial charge in [0.1, 0.15) is 0 Å². The van der Waals surface area contributed by atoms with Crippen molar-refractivity contribution in [3.63, 3.8) is 0 Å². The van der Waals surface area contributed by atoms with E-state index in [4.69, 9.17) is 5.73 Å². The molecule has 2 N–H and O–H groups in total. The second-order valence-corrected chi connectivity index (χ2v) is 6.12. The molecule has 1 heterocycles. The Morgan fingerprint density at radius 1 is 1.32 bits per heavy atom. The summed E-state index contributed by atoms with van der Waals surface area (Å²) in [5.41, 5.74) is 8.78. The highest BCUT2D eigenvalue weighted by Crippen LogP contribution is 2.22. The Hall–Kier alpha value is -1.51. The normalized spacial score (nSPS) is 23.4. The number of nitrogens with two attached hydrogens (primary N) is 1. The minimum absolute atomic E-state index is 0.204. The van der Waals surface area contributed by atoms with Crippen molar-refractivity contribution in [2.45, 2.75) is 33.6 Å². The molecule has 0 radical (unpaired) electrons. The van der Waals surface area contributed by atoms with Gasteiger partial charge < -0.3 is 10.6 Å². The van der Waals surface area contributed by atoms with Gasteiger partial charge in [-0.15, -0.1) is 0 Å². The zero-order valence-corrected chi connectivity index (χ0v) is 12.1. The molecule has 1 aromatic rings. The molecule has 0 aliphatic carbocycles. The zero-order chi connectivity index (χ0) is 14.0. The maximum absolute atomic E-state index is 12.4. The molecular weight excluding hydrogens is 236 g/mol. The van der Waals surface area contributed by atoms with Crippen LogP contribution in [0, 0.1) is 18.8 Å². The van der Waals surface area contributed by atoms with Crippen LogP contribution >= 0.6 is 0 Å². The SMILES string of the molecule is Cc1ccc(N)c(CC(=O)N2C[C@@H](C)C[C@H](C)C2)c1. The molecule has 3 nitrogen and oxygen atoms in total. The highest BCUT2D eigenvalue weighted by molar-refractivity contribution is 5.80. The number of nitrogens with zero attached hydrogens (tertiary/aromatic N) is 1. The van der Waals surface area contributed by atoms with E-state index in [1.54, 1.807) is 0 Å². The first-order chi connectivity index (χ1) is 8.95. The molecular formula is C16H24N2O. The van der Waals surface area contributed by atoms with Crippen LogP contribution in [0.1, 0.15) is 31.4 Å². The van der Waals surface area contributed by atoms with Crippen LogP contribution in [0.4, 0.5) is 5.69 Å². The molecule has 19 heavy (non-hydrogen) atoms. The number of amides is 1. The Bertz CT molecular complexity index is 460. The number of carbonyl (C=O) groups is 1. The number of likely N-dealkylation sites (tertiary alicyclic amines) is 1. The number of benzene rings is 1. The summed E-state index contributed by atoms with van der Waals surface area (Å²) in [7, 11) is 0. The molecule has 1 saturated heterocycles. The minimum atomic E-state index is 0.204. The lowest BCUT2D eigenvalue weighted by Crippen LogP contribution is -2.43. The number of carbonyl (C=O) groups excluding carboxylic acids is 1. The Kier molecular flexibility index (Phi) is 4.13. The standard InChI is InChI=1S/C16H24N2O/c1-11-4-5-15(17)14(7-11)8-16(19)18-9-12(2)6-13(3)10-18/h4-5,7,12-13H,6,8-10,17H2,1-3H3/t12-,13-/m0/s1. The van der Waals surface area contributed by atoms with Crippen molar-refractivity contribution >= 4 is 11.6 Å². The van der Waals surface area contributed by atoms with Gasteiger partial charge in [0.15, 0.2) is 0 Å². The number of hydrogen-bond acceptors (Lipinski definition) is 2. The van der Waals surface area contributed by atoms with Crippen LogP contribution in [-0.2, 0) is 11.2 Å². The maximum Gasteiger partial charge on any atom is 0.227 e. The van der Waals surface area contributed by atoms with E-state index in [-0.39, 0.29) is 5.91 Å². The average molecular weight is 260 g/mol. The number of aryl methyl sites for hydroxylation is 1. The first-order valence-electron chi connectivity index (χ1n) is 7.08. The summed E-state index contributed by atoms with van der Waals surface area (Å²) < 4.78 is 0. The van der Waals surface area contributed by atoms with E-state index in [0.29, 0.717) is 18.3 Å². The largest absolute Gasteiger partial charge is 0.398 e. The van der Waals surface area contributed by atoms with Gasteiger partial charge in [-0.2, -0.15) is 0 Å². The minimum Gasteiger partial charge on any atom is -0.398 e. The van der Waals surface area contributed by atoms with Crippen molar-refractivity contribution in [3.05, 3.63) is 29.3 Å². The van der Waals surface area contributed by atoms with E-state index in [1.165, 1.54) is 6.42 Å². The van der Waals surface area contributed by atoms with Gasteiger partial charge in [0.25, 0.3) is 0 Å². The topological polar surface area (TPSA) is 46.3 Å². The Morgan fingerprint density at radius 3 is 2.58 bits per heavy atom. The third kappa shape index (κ3) is 3.49. The van der Waals surface area contributed by atoms with Crippen molar-refractivity contribution in [3.8, 4) is 0 Å². The van der Waals surface area contributed by atoms with E-state index in [0.717, 1.165) is 29.9 Å². The fourth-order valence-corrected chi connectivity index (χ4v) is 3.03. The highest BCUT2D eigenvalue weighted by atomic mass is 16.2. The molecule has 0 unspecified atom stereocenters. The van der Waals surface area contributed by atoms with Crippen molar-refractivity contribution in [1.29, 1.82) is 0 Å². The molecule has 0 saturated carbocycles. The summed E-state index contributed by atoms with van der Waals surface area (Å²) in [4.78, 5) is 14.4. The summed E-state index contributed by atoms with van der Waals surface area (Å²) in [6.07, 6.45) is 1.64. The van der Waals surface area contributed by atoms with E-state index in [2.05, 4.69) is 13.8 Å². The summed E-state index contributed by atoms with van der Waals surface area (Å²) >= 11 is 0. The lowest BCUT2D eigenvalue weighted by molar-refractivity contribution is -0.133. The molecule has 2 atom stereocenters. The summed E-state index contributed by atoms with van der Waals surface area (Å²) in [6.45, 7) is 8.23. The van der Waals surface area contributed by atoms with Gasteiger partial charge in [-0.05, 0) is 36.8 Å². The zero-order valence-electron chi connectivity index (χ0n) is 12.1. The summed E-state index contributed by atoms with van der Waals surface area (Å²) in [6, 6.07) is 5.89. The number of rotatable bonds is 2. The average Bonchev–Trinajstić information content (AvgIpc) is 2.32. The molecule has 0 bridgehead atoms. The molecule has 104 valence electrons. The second kappa shape index (κ2) is 5.64. The number of piperidine rings is 1. The van der Waals surface area contributed by atoms with Gasteiger partial charge in [0, 0.05) is 18.8 Å². The van der Waals surface area contributed by atoms with Gasteiger partial charge in [-0.3, -0.25) is 4.79 Å². The van der Waals surface area contributed by atoms with Gasteiger partial charge in [0.2, 0.25) is 5.91 Å². The fraction of sp³-hybridized carbons (Fsp3) is 0.562. The number of hydrogen-bond donors (Lipinski definition) is 1. The molecule has 1 aliphatic rings. The number of anilines is 1. The van der Waals surface area contributed by atoms with Gasteiger partial charge in [0.05, 0.1) is 6.42 Å². The molecule has 1 fully saturated rings. The van der Waals surface area contributed by atoms with Crippen molar-refractivity contribution in [1.82, 2.24) is 4.90 Å². The summed E-state index contributed by atoms with van der Waals surface area (Å²) in [5, 5.41) is 0. The van der Waals surface area contributed by atoms with Crippen molar-refractivity contribution in [2.75, 3.05) is 18.8 Å². The Labute approximate surface area is 115 Å². The molecule has 0 spiro atoms. The van der Waals surface area contributed by atoms with Gasteiger partial charge in [-0.25, -0.2) is 0 Å². The predicted molar refractivity (Wildman–Crippen MR) is 78.8 cm³/mol. The second-order valence-electron chi connectivity index (χ2n) is 6.12. The van der Waals surface area contributed by atoms with Crippen molar-refractivity contribution in [2.24, 2.45) is 11.8 Å². The third-order valence-electron chi connectivity index (χ3n) is 3.86. The molecule has 0 aromatic heterocycles. The molecule has 2 rings (SSSR count). The lowest BCUT2D eigenvalue weighted by atomic mass is 9.91.